The van der Waals surface area contributed by atoms with Crippen LogP contribution in [0.4, 0.5) is 0 Å². The maximum atomic E-state index is 12.8. The monoisotopic (exact) mass is 423 g/mol. The van der Waals surface area contributed by atoms with Crippen LogP contribution < -0.4 is 10.3 Å². The SMILES string of the molecule is CCOC(=O)c1cnc(-c2cc(S(=O)(=O)N(C)C(C)C)ccc2OCC)[nH]c1=O. The second kappa shape index (κ2) is 9.19. The van der Waals surface area contributed by atoms with Crippen LogP contribution in [0.25, 0.3) is 11.4 Å². The highest BCUT2D eigenvalue weighted by Crippen LogP contribution is 2.31. The normalized spacial score (nSPS) is 11.7. The molecule has 10 heteroatoms. The zero-order valence-corrected chi connectivity index (χ0v) is 17.9. The number of carbonyl (C=O) groups is 1. The molecule has 0 spiro atoms. The van der Waals surface area contributed by atoms with E-state index < -0.39 is 21.6 Å². The summed E-state index contributed by atoms with van der Waals surface area (Å²) in [6.45, 7) is 7.39. The van der Waals surface area contributed by atoms with Crippen LogP contribution >= 0.6 is 0 Å². The highest BCUT2D eigenvalue weighted by molar-refractivity contribution is 7.89. The molecule has 0 saturated carbocycles. The molecular formula is C19H25N3O6S. The molecule has 29 heavy (non-hydrogen) atoms. The van der Waals surface area contributed by atoms with Gasteiger partial charge in [-0.15, -0.1) is 0 Å². The molecule has 0 unspecified atom stereocenters. The number of aromatic amines is 1. The molecule has 1 heterocycles. The molecular weight excluding hydrogens is 398 g/mol. The van der Waals surface area contributed by atoms with Crippen molar-refractivity contribution in [2.45, 2.75) is 38.6 Å². The van der Waals surface area contributed by atoms with E-state index in [1.54, 1.807) is 27.7 Å². The summed E-state index contributed by atoms with van der Waals surface area (Å²) in [6, 6.07) is 4.10. The summed E-state index contributed by atoms with van der Waals surface area (Å²) in [6.07, 6.45) is 1.10. The van der Waals surface area contributed by atoms with E-state index in [0.717, 1.165) is 6.20 Å². The average Bonchev–Trinajstić information content (AvgIpc) is 2.67. The second-order valence-corrected chi connectivity index (χ2v) is 8.40. The number of carbonyl (C=O) groups excluding carboxylic acids is 1. The highest BCUT2D eigenvalue weighted by atomic mass is 32.2. The van der Waals surface area contributed by atoms with Gasteiger partial charge in [0.25, 0.3) is 5.56 Å². The molecule has 0 fully saturated rings. The molecule has 158 valence electrons. The van der Waals surface area contributed by atoms with Crippen LogP contribution in [0.1, 0.15) is 38.1 Å². The van der Waals surface area contributed by atoms with Gasteiger partial charge in [-0.25, -0.2) is 18.2 Å². The maximum Gasteiger partial charge on any atom is 0.345 e. The first-order valence-corrected chi connectivity index (χ1v) is 10.6. The minimum absolute atomic E-state index is 0.0317. The van der Waals surface area contributed by atoms with E-state index in [9.17, 15) is 18.0 Å². The van der Waals surface area contributed by atoms with Gasteiger partial charge in [0.05, 0.1) is 23.7 Å². The lowest BCUT2D eigenvalue weighted by atomic mass is 10.2. The van der Waals surface area contributed by atoms with Crippen LogP contribution in [0.5, 0.6) is 5.75 Å². The quantitative estimate of drug-likeness (QED) is 0.645. The van der Waals surface area contributed by atoms with Crippen molar-refractivity contribution in [1.29, 1.82) is 0 Å². The molecule has 0 atom stereocenters. The van der Waals surface area contributed by atoms with Crippen molar-refractivity contribution in [2.24, 2.45) is 0 Å². The lowest BCUT2D eigenvalue weighted by molar-refractivity contribution is 0.0523. The number of nitrogens with one attached hydrogen (secondary N) is 1. The van der Waals surface area contributed by atoms with Gasteiger partial charge in [-0.05, 0) is 45.9 Å². The van der Waals surface area contributed by atoms with Gasteiger partial charge in [-0.3, -0.25) is 4.79 Å². The first-order valence-electron chi connectivity index (χ1n) is 9.15. The van der Waals surface area contributed by atoms with E-state index in [0.29, 0.717) is 12.4 Å². The van der Waals surface area contributed by atoms with Crippen molar-refractivity contribution < 1.29 is 22.7 Å². The minimum atomic E-state index is -3.76. The summed E-state index contributed by atoms with van der Waals surface area (Å²) in [5, 5.41) is 0. The fraction of sp³-hybridized carbons (Fsp3) is 0.421. The molecule has 1 N–H and O–H groups in total. The van der Waals surface area contributed by atoms with Crippen molar-refractivity contribution in [1.82, 2.24) is 14.3 Å². The number of benzene rings is 1. The average molecular weight is 423 g/mol. The number of ether oxygens (including phenoxy) is 2. The Labute approximate surface area is 169 Å². The Morgan fingerprint density at radius 3 is 2.48 bits per heavy atom. The van der Waals surface area contributed by atoms with Gasteiger partial charge < -0.3 is 14.5 Å². The number of aromatic nitrogens is 2. The molecule has 0 saturated heterocycles. The molecule has 2 aromatic rings. The van der Waals surface area contributed by atoms with Gasteiger partial charge in [0.1, 0.15) is 17.1 Å². The largest absolute Gasteiger partial charge is 0.493 e. The van der Waals surface area contributed by atoms with E-state index in [1.165, 1.54) is 29.6 Å². The zero-order valence-electron chi connectivity index (χ0n) is 17.1. The van der Waals surface area contributed by atoms with Crippen LogP contribution in [-0.2, 0) is 14.8 Å². The van der Waals surface area contributed by atoms with Gasteiger partial charge >= 0.3 is 5.97 Å². The number of esters is 1. The fourth-order valence-corrected chi connectivity index (χ4v) is 3.86. The molecule has 0 radical (unpaired) electrons. The molecule has 0 aliphatic rings. The van der Waals surface area contributed by atoms with Crippen molar-refractivity contribution in [3.63, 3.8) is 0 Å². The lowest BCUT2D eigenvalue weighted by Crippen LogP contribution is -2.33. The predicted octanol–water partition coefficient (Wildman–Crippen LogP) is 2.04. The first kappa shape index (κ1) is 22.6. The summed E-state index contributed by atoms with van der Waals surface area (Å²) >= 11 is 0. The summed E-state index contributed by atoms with van der Waals surface area (Å²) < 4.78 is 37.3. The van der Waals surface area contributed by atoms with Crippen molar-refractivity contribution >= 4 is 16.0 Å². The lowest BCUT2D eigenvalue weighted by Gasteiger charge is -2.21. The molecule has 0 amide bonds. The number of sulfonamides is 1. The molecule has 1 aromatic heterocycles. The Morgan fingerprint density at radius 1 is 1.24 bits per heavy atom. The smallest absolute Gasteiger partial charge is 0.345 e. The van der Waals surface area contributed by atoms with Gasteiger partial charge in [0.15, 0.2) is 0 Å². The van der Waals surface area contributed by atoms with Crippen molar-refractivity contribution in [3.8, 4) is 17.1 Å². The molecule has 9 nitrogen and oxygen atoms in total. The molecule has 1 aromatic carbocycles. The topological polar surface area (TPSA) is 119 Å². The predicted molar refractivity (Wildman–Crippen MR) is 108 cm³/mol. The Bertz CT molecular complexity index is 1050. The van der Waals surface area contributed by atoms with Crippen molar-refractivity contribution in [2.75, 3.05) is 20.3 Å². The Morgan fingerprint density at radius 2 is 1.93 bits per heavy atom. The molecule has 2 rings (SSSR count). The minimum Gasteiger partial charge on any atom is -0.493 e. The van der Waals surface area contributed by atoms with Gasteiger partial charge in [0, 0.05) is 19.3 Å². The molecule has 0 aliphatic heterocycles. The number of hydrogen-bond donors (Lipinski definition) is 1. The third-order valence-electron chi connectivity index (χ3n) is 4.20. The Kier molecular flexibility index (Phi) is 7.15. The number of H-pyrrole nitrogens is 1. The van der Waals surface area contributed by atoms with E-state index in [-0.39, 0.29) is 34.5 Å². The van der Waals surface area contributed by atoms with Crippen LogP contribution in [0.15, 0.2) is 34.1 Å². The van der Waals surface area contributed by atoms with E-state index >= 15 is 0 Å². The molecule has 0 aliphatic carbocycles. The third-order valence-corrected chi connectivity index (χ3v) is 6.23. The summed E-state index contributed by atoms with van der Waals surface area (Å²) in [4.78, 5) is 30.8. The summed E-state index contributed by atoms with van der Waals surface area (Å²) in [5.41, 5.74) is -0.641. The van der Waals surface area contributed by atoms with Gasteiger partial charge in [-0.1, -0.05) is 0 Å². The highest BCUT2D eigenvalue weighted by Gasteiger charge is 2.25. The van der Waals surface area contributed by atoms with Gasteiger partial charge in [0.2, 0.25) is 10.0 Å². The number of hydrogen-bond acceptors (Lipinski definition) is 7. The first-order chi connectivity index (χ1) is 13.6. The Balaban J connectivity index is 2.60. The molecule has 0 bridgehead atoms. The van der Waals surface area contributed by atoms with E-state index in [1.807, 2.05) is 0 Å². The fourth-order valence-electron chi connectivity index (χ4n) is 2.47. The van der Waals surface area contributed by atoms with Gasteiger partial charge in [-0.2, -0.15) is 4.31 Å². The maximum absolute atomic E-state index is 12.8. The second-order valence-electron chi connectivity index (χ2n) is 6.40. The summed E-state index contributed by atoms with van der Waals surface area (Å²) in [7, 11) is -2.27. The van der Waals surface area contributed by atoms with E-state index in [2.05, 4.69) is 9.97 Å². The Hall–Kier alpha value is -2.72. The van der Waals surface area contributed by atoms with Crippen LogP contribution in [-0.4, -0.2) is 55.0 Å². The third kappa shape index (κ3) is 4.83. The van der Waals surface area contributed by atoms with Crippen LogP contribution in [0.2, 0.25) is 0 Å². The summed E-state index contributed by atoms with van der Waals surface area (Å²) in [5.74, 6) is -0.353. The van der Waals surface area contributed by atoms with Crippen molar-refractivity contribution in [3.05, 3.63) is 40.3 Å². The number of rotatable bonds is 8. The number of nitrogens with zero attached hydrogens (tertiary/aromatic N) is 2. The zero-order chi connectivity index (χ0) is 21.8. The van der Waals surface area contributed by atoms with E-state index in [4.69, 9.17) is 9.47 Å². The van der Waals surface area contributed by atoms with Crippen LogP contribution in [0.3, 0.4) is 0 Å². The standard InChI is InChI=1S/C19H25N3O6S/c1-6-27-16-9-8-13(29(25,26)22(5)12(3)4)10-14(16)17-20-11-15(18(23)21-17)19(24)28-7-2/h8-12H,6-7H2,1-5H3,(H,20,21,23). The van der Waals surface area contributed by atoms with Crippen LogP contribution in [0, 0.1) is 0 Å².